The second-order valence-corrected chi connectivity index (χ2v) is 2.85. The summed E-state index contributed by atoms with van der Waals surface area (Å²) < 4.78 is 0. The predicted octanol–water partition coefficient (Wildman–Crippen LogP) is 2.21. The Bertz CT molecular complexity index is 253. The van der Waals surface area contributed by atoms with Crippen molar-refractivity contribution < 1.29 is 0 Å². The third-order valence-electron chi connectivity index (χ3n) is 2.08. The van der Waals surface area contributed by atoms with Crippen LogP contribution in [-0.2, 0) is 6.42 Å². The fraction of sp³-hybridized carbons (Fsp3) is 0.200. The minimum Gasteiger partial charge on any atom is -0.378 e. The van der Waals surface area contributed by atoms with Crippen LogP contribution in [0.4, 0.5) is 5.69 Å². The average Bonchev–Trinajstić information content (AvgIpc) is 2.46. The van der Waals surface area contributed by atoms with Crippen molar-refractivity contribution in [3.8, 4) is 0 Å². The van der Waals surface area contributed by atoms with Gasteiger partial charge in [0.2, 0.25) is 0 Å². The van der Waals surface area contributed by atoms with Crippen molar-refractivity contribution in [2.75, 3.05) is 5.32 Å². The van der Waals surface area contributed by atoms with E-state index in [9.17, 15) is 0 Å². The summed E-state index contributed by atoms with van der Waals surface area (Å²) >= 11 is 0. The molecule has 0 radical (unpaired) electrons. The van der Waals surface area contributed by atoms with Gasteiger partial charge in [-0.3, -0.25) is 0 Å². The molecule has 1 aromatic rings. The van der Waals surface area contributed by atoms with Gasteiger partial charge in [-0.2, -0.15) is 0 Å². The van der Waals surface area contributed by atoms with Crippen LogP contribution in [0.25, 0.3) is 0 Å². The highest BCUT2D eigenvalue weighted by Gasteiger charge is 2.15. The fourth-order valence-electron chi connectivity index (χ4n) is 1.47. The Kier molecular flexibility index (Phi) is 1.42. The van der Waals surface area contributed by atoms with E-state index >= 15 is 0 Å². The monoisotopic (exact) mass is 145 g/mol. The van der Waals surface area contributed by atoms with Crippen LogP contribution in [0.5, 0.6) is 0 Å². The molecule has 1 aliphatic rings. The number of para-hydroxylation sites is 1. The maximum absolute atomic E-state index is 3.76. The van der Waals surface area contributed by atoms with Crippen LogP contribution in [-0.4, -0.2) is 6.04 Å². The number of rotatable bonds is 1. The third kappa shape index (κ3) is 1.03. The normalized spacial score (nSPS) is 20.5. The SMILES string of the molecule is C=CC1Cc2ccccc2N1. The zero-order valence-corrected chi connectivity index (χ0v) is 6.38. The molecule has 11 heavy (non-hydrogen) atoms. The summed E-state index contributed by atoms with van der Waals surface area (Å²) in [7, 11) is 0. The molecule has 1 atom stereocenters. The highest BCUT2D eigenvalue weighted by molar-refractivity contribution is 5.57. The third-order valence-corrected chi connectivity index (χ3v) is 2.08. The summed E-state index contributed by atoms with van der Waals surface area (Å²) in [4.78, 5) is 0. The highest BCUT2D eigenvalue weighted by Crippen LogP contribution is 2.24. The first-order chi connectivity index (χ1) is 5.40. The van der Waals surface area contributed by atoms with E-state index in [1.807, 2.05) is 6.08 Å². The van der Waals surface area contributed by atoms with Crippen LogP contribution >= 0.6 is 0 Å². The highest BCUT2D eigenvalue weighted by atomic mass is 14.9. The maximum atomic E-state index is 3.76. The lowest BCUT2D eigenvalue weighted by atomic mass is 10.1. The van der Waals surface area contributed by atoms with Crippen LogP contribution in [0, 0.1) is 0 Å². The first-order valence-electron chi connectivity index (χ1n) is 3.87. The van der Waals surface area contributed by atoms with E-state index in [4.69, 9.17) is 0 Å². The first kappa shape index (κ1) is 6.47. The standard InChI is InChI=1S/C10H11N/c1-2-9-7-8-5-3-4-6-10(8)11-9/h2-6,9,11H,1,7H2. The number of nitrogens with one attached hydrogen (secondary N) is 1. The van der Waals surface area contributed by atoms with Gasteiger partial charge < -0.3 is 5.32 Å². The van der Waals surface area contributed by atoms with E-state index in [-0.39, 0.29) is 0 Å². The molecule has 0 aromatic heterocycles. The minimum atomic E-state index is 0.437. The van der Waals surface area contributed by atoms with E-state index in [2.05, 4.69) is 36.2 Å². The van der Waals surface area contributed by atoms with Crippen molar-refractivity contribution in [2.24, 2.45) is 0 Å². The second-order valence-electron chi connectivity index (χ2n) is 2.85. The average molecular weight is 145 g/mol. The zero-order chi connectivity index (χ0) is 7.68. The number of hydrogen-bond acceptors (Lipinski definition) is 1. The Hall–Kier alpha value is -1.24. The van der Waals surface area contributed by atoms with E-state index in [0.29, 0.717) is 6.04 Å². The van der Waals surface area contributed by atoms with Gasteiger partial charge in [-0.05, 0) is 18.1 Å². The Balaban J connectivity index is 2.33. The van der Waals surface area contributed by atoms with E-state index in [1.54, 1.807) is 0 Å². The lowest BCUT2D eigenvalue weighted by Crippen LogP contribution is -2.10. The smallest absolute Gasteiger partial charge is 0.0483 e. The van der Waals surface area contributed by atoms with Gasteiger partial charge in [-0.15, -0.1) is 6.58 Å². The molecule has 1 nitrogen and oxygen atoms in total. The lowest BCUT2D eigenvalue weighted by molar-refractivity contribution is 0.927. The van der Waals surface area contributed by atoms with Crippen molar-refractivity contribution in [2.45, 2.75) is 12.5 Å². The molecule has 0 spiro atoms. The van der Waals surface area contributed by atoms with E-state index in [1.165, 1.54) is 11.3 Å². The Morgan fingerprint density at radius 1 is 1.45 bits per heavy atom. The second kappa shape index (κ2) is 2.42. The summed E-state index contributed by atoms with van der Waals surface area (Å²) in [6.07, 6.45) is 3.04. The Morgan fingerprint density at radius 2 is 2.27 bits per heavy atom. The lowest BCUT2D eigenvalue weighted by Gasteiger charge is -2.02. The molecule has 0 saturated heterocycles. The van der Waals surface area contributed by atoms with Gasteiger partial charge in [0.1, 0.15) is 0 Å². The molecule has 1 N–H and O–H groups in total. The Morgan fingerprint density at radius 3 is 3.00 bits per heavy atom. The molecule has 0 bridgehead atoms. The number of hydrogen-bond donors (Lipinski definition) is 1. The van der Waals surface area contributed by atoms with Gasteiger partial charge in [0.05, 0.1) is 0 Å². The summed E-state index contributed by atoms with van der Waals surface area (Å²) in [6.45, 7) is 3.76. The van der Waals surface area contributed by atoms with Gasteiger partial charge in [0.15, 0.2) is 0 Å². The molecule has 0 aliphatic carbocycles. The molecule has 2 rings (SSSR count). The van der Waals surface area contributed by atoms with Gasteiger partial charge in [-0.1, -0.05) is 24.3 Å². The molecule has 56 valence electrons. The van der Waals surface area contributed by atoms with Crippen LogP contribution in [0.1, 0.15) is 5.56 Å². The Labute approximate surface area is 66.7 Å². The van der Waals surface area contributed by atoms with Gasteiger partial charge >= 0.3 is 0 Å². The molecular formula is C10H11N. The molecule has 1 heteroatoms. The van der Waals surface area contributed by atoms with Crippen molar-refractivity contribution in [1.29, 1.82) is 0 Å². The first-order valence-corrected chi connectivity index (χ1v) is 3.87. The van der Waals surface area contributed by atoms with Gasteiger partial charge in [0, 0.05) is 11.7 Å². The predicted molar refractivity (Wildman–Crippen MR) is 47.8 cm³/mol. The van der Waals surface area contributed by atoms with Crippen molar-refractivity contribution in [3.05, 3.63) is 42.5 Å². The van der Waals surface area contributed by atoms with Crippen LogP contribution in [0.3, 0.4) is 0 Å². The molecule has 1 heterocycles. The molecule has 0 amide bonds. The quantitative estimate of drug-likeness (QED) is 0.597. The number of benzene rings is 1. The van der Waals surface area contributed by atoms with Gasteiger partial charge in [0.25, 0.3) is 0 Å². The molecule has 0 fully saturated rings. The molecule has 1 aromatic carbocycles. The minimum absolute atomic E-state index is 0.437. The maximum Gasteiger partial charge on any atom is 0.0483 e. The number of anilines is 1. The summed E-state index contributed by atoms with van der Waals surface area (Å²) in [5.74, 6) is 0. The van der Waals surface area contributed by atoms with Crippen LogP contribution < -0.4 is 5.32 Å². The summed E-state index contributed by atoms with van der Waals surface area (Å²) in [6, 6.07) is 8.83. The molecule has 1 unspecified atom stereocenters. The summed E-state index contributed by atoms with van der Waals surface area (Å²) in [5, 5.41) is 3.37. The molecule has 1 aliphatic heterocycles. The van der Waals surface area contributed by atoms with Crippen molar-refractivity contribution in [1.82, 2.24) is 0 Å². The summed E-state index contributed by atoms with van der Waals surface area (Å²) in [5.41, 5.74) is 2.66. The number of fused-ring (bicyclic) bond motifs is 1. The van der Waals surface area contributed by atoms with Crippen LogP contribution in [0.15, 0.2) is 36.9 Å². The molecule has 0 saturated carbocycles. The van der Waals surface area contributed by atoms with E-state index < -0.39 is 0 Å². The zero-order valence-electron chi connectivity index (χ0n) is 6.38. The van der Waals surface area contributed by atoms with E-state index in [0.717, 1.165) is 6.42 Å². The topological polar surface area (TPSA) is 12.0 Å². The molecular weight excluding hydrogens is 134 g/mol. The van der Waals surface area contributed by atoms with Crippen molar-refractivity contribution in [3.63, 3.8) is 0 Å². The van der Waals surface area contributed by atoms with Crippen molar-refractivity contribution >= 4 is 5.69 Å². The van der Waals surface area contributed by atoms with Crippen LogP contribution in [0.2, 0.25) is 0 Å². The largest absolute Gasteiger partial charge is 0.378 e. The van der Waals surface area contributed by atoms with Gasteiger partial charge in [-0.25, -0.2) is 0 Å². The fourth-order valence-corrected chi connectivity index (χ4v) is 1.47.